The van der Waals surface area contributed by atoms with Gasteiger partial charge in [-0.25, -0.2) is 4.39 Å². The van der Waals surface area contributed by atoms with Crippen molar-refractivity contribution < 1.29 is 9.18 Å². The van der Waals surface area contributed by atoms with Crippen LogP contribution >= 0.6 is 24.0 Å². The fraction of sp³-hybridized carbons (Fsp3) is 0.312. The zero-order chi connectivity index (χ0) is 17.2. The predicted octanol–water partition coefficient (Wildman–Crippen LogP) is 1.83. The number of hydrogen-bond acceptors (Lipinski definition) is 3. The Hall–Kier alpha value is -2.17. The molecule has 1 aromatic heterocycles. The Morgan fingerprint density at radius 3 is 2.68 bits per heavy atom. The lowest BCUT2D eigenvalue weighted by Crippen LogP contribution is -2.41. The molecule has 2 aromatic rings. The number of halogens is 2. The van der Waals surface area contributed by atoms with Gasteiger partial charge in [0.05, 0.1) is 6.54 Å². The van der Waals surface area contributed by atoms with E-state index in [-0.39, 0.29) is 42.2 Å². The third-order valence-electron chi connectivity index (χ3n) is 3.18. The summed E-state index contributed by atoms with van der Waals surface area (Å²) in [6.07, 6.45) is 4.53. The number of benzene rings is 1. The SMILES string of the molecule is CN=C(NCCCn1cccn1)NCC(=O)Nc1ccc(F)cc1.I. The second-order valence-corrected chi connectivity index (χ2v) is 5.03. The first-order valence-electron chi connectivity index (χ1n) is 7.65. The summed E-state index contributed by atoms with van der Waals surface area (Å²) in [6.45, 7) is 1.58. The number of guanidine groups is 1. The van der Waals surface area contributed by atoms with E-state index in [1.165, 1.54) is 24.3 Å². The van der Waals surface area contributed by atoms with Gasteiger partial charge in [0.2, 0.25) is 5.91 Å². The van der Waals surface area contributed by atoms with Gasteiger partial charge in [0.15, 0.2) is 5.96 Å². The Morgan fingerprint density at radius 2 is 2.04 bits per heavy atom. The van der Waals surface area contributed by atoms with Crippen molar-refractivity contribution in [3.63, 3.8) is 0 Å². The van der Waals surface area contributed by atoms with Crippen LogP contribution < -0.4 is 16.0 Å². The van der Waals surface area contributed by atoms with E-state index in [1.807, 2.05) is 16.9 Å². The zero-order valence-corrected chi connectivity index (χ0v) is 16.2. The summed E-state index contributed by atoms with van der Waals surface area (Å²) in [7, 11) is 1.64. The van der Waals surface area contributed by atoms with Crippen LogP contribution in [0.25, 0.3) is 0 Å². The molecule has 0 bridgehead atoms. The van der Waals surface area contributed by atoms with Gasteiger partial charge in [0.1, 0.15) is 5.82 Å². The van der Waals surface area contributed by atoms with Crippen molar-refractivity contribution in [2.75, 3.05) is 25.5 Å². The summed E-state index contributed by atoms with van der Waals surface area (Å²) >= 11 is 0. The zero-order valence-electron chi connectivity index (χ0n) is 13.9. The van der Waals surface area contributed by atoms with Crippen molar-refractivity contribution in [1.29, 1.82) is 0 Å². The maximum Gasteiger partial charge on any atom is 0.243 e. The van der Waals surface area contributed by atoms with E-state index in [0.29, 0.717) is 18.2 Å². The number of aromatic nitrogens is 2. The van der Waals surface area contributed by atoms with E-state index in [2.05, 4.69) is 26.0 Å². The van der Waals surface area contributed by atoms with Crippen LogP contribution in [0.1, 0.15) is 6.42 Å². The number of rotatable bonds is 7. The summed E-state index contributed by atoms with van der Waals surface area (Å²) in [6, 6.07) is 7.49. The Bertz CT molecular complexity index is 660. The van der Waals surface area contributed by atoms with Gasteiger partial charge in [-0.2, -0.15) is 5.10 Å². The van der Waals surface area contributed by atoms with Gasteiger partial charge in [-0.3, -0.25) is 14.5 Å². The van der Waals surface area contributed by atoms with E-state index < -0.39 is 0 Å². The van der Waals surface area contributed by atoms with Crippen LogP contribution in [0.3, 0.4) is 0 Å². The number of aryl methyl sites for hydroxylation is 1. The summed E-state index contributed by atoms with van der Waals surface area (Å²) in [5.74, 6) is -0.0309. The monoisotopic (exact) mass is 460 g/mol. The maximum atomic E-state index is 12.8. The number of amides is 1. The fourth-order valence-corrected chi connectivity index (χ4v) is 2.00. The topological polar surface area (TPSA) is 83.3 Å². The summed E-state index contributed by atoms with van der Waals surface area (Å²) in [5, 5.41) is 12.8. The molecule has 25 heavy (non-hydrogen) atoms. The van der Waals surface area contributed by atoms with Crippen LogP contribution in [0.15, 0.2) is 47.7 Å². The lowest BCUT2D eigenvalue weighted by Gasteiger charge is -2.12. The molecule has 136 valence electrons. The van der Waals surface area contributed by atoms with E-state index in [1.54, 1.807) is 13.2 Å². The highest BCUT2D eigenvalue weighted by atomic mass is 127. The third-order valence-corrected chi connectivity index (χ3v) is 3.18. The van der Waals surface area contributed by atoms with Gasteiger partial charge in [0, 0.05) is 38.2 Å². The van der Waals surface area contributed by atoms with E-state index >= 15 is 0 Å². The molecular formula is C16H22FIN6O. The molecule has 0 saturated heterocycles. The van der Waals surface area contributed by atoms with Crippen LogP contribution in [0.2, 0.25) is 0 Å². The highest BCUT2D eigenvalue weighted by molar-refractivity contribution is 14.0. The predicted molar refractivity (Wildman–Crippen MR) is 107 cm³/mol. The average molecular weight is 460 g/mol. The largest absolute Gasteiger partial charge is 0.356 e. The highest BCUT2D eigenvalue weighted by Gasteiger charge is 2.04. The van der Waals surface area contributed by atoms with Crippen molar-refractivity contribution in [2.24, 2.45) is 4.99 Å². The number of hydrogen-bond donors (Lipinski definition) is 3. The minimum atomic E-state index is -0.342. The van der Waals surface area contributed by atoms with Crippen LogP contribution in [0.5, 0.6) is 0 Å². The Balaban J connectivity index is 0.00000312. The van der Waals surface area contributed by atoms with Crippen molar-refractivity contribution in [1.82, 2.24) is 20.4 Å². The molecule has 0 aliphatic rings. The normalized spacial score (nSPS) is 10.7. The first-order valence-corrected chi connectivity index (χ1v) is 7.65. The molecule has 0 saturated carbocycles. The average Bonchev–Trinajstić information content (AvgIpc) is 3.10. The third kappa shape index (κ3) is 7.96. The van der Waals surface area contributed by atoms with Crippen LogP contribution in [0.4, 0.5) is 10.1 Å². The summed E-state index contributed by atoms with van der Waals surface area (Å²) < 4.78 is 14.7. The van der Waals surface area contributed by atoms with Gasteiger partial charge in [-0.05, 0) is 36.8 Å². The molecular weight excluding hydrogens is 438 g/mol. The Morgan fingerprint density at radius 1 is 1.28 bits per heavy atom. The summed E-state index contributed by atoms with van der Waals surface area (Å²) in [5.41, 5.74) is 0.547. The van der Waals surface area contributed by atoms with Crippen LogP contribution in [-0.4, -0.2) is 41.8 Å². The molecule has 0 aliphatic heterocycles. The quantitative estimate of drug-likeness (QED) is 0.255. The van der Waals surface area contributed by atoms with Crippen molar-refractivity contribution in [2.45, 2.75) is 13.0 Å². The first-order chi connectivity index (χ1) is 11.7. The molecule has 0 aliphatic carbocycles. The lowest BCUT2D eigenvalue weighted by molar-refractivity contribution is -0.115. The van der Waals surface area contributed by atoms with Crippen molar-refractivity contribution in [3.8, 4) is 0 Å². The minimum absolute atomic E-state index is 0. The van der Waals surface area contributed by atoms with Gasteiger partial charge in [0.25, 0.3) is 0 Å². The number of nitrogens with one attached hydrogen (secondary N) is 3. The van der Waals surface area contributed by atoms with Gasteiger partial charge in [-0.15, -0.1) is 24.0 Å². The second-order valence-electron chi connectivity index (χ2n) is 5.03. The van der Waals surface area contributed by atoms with E-state index in [9.17, 15) is 9.18 Å². The molecule has 3 N–H and O–H groups in total. The molecule has 0 fully saturated rings. The van der Waals surface area contributed by atoms with Gasteiger partial charge >= 0.3 is 0 Å². The van der Waals surface area contributed by atoms with E-state index in [0.717, 1.165) is 13.0 Å². The number of carbonyl (C=O) groups excluding carboxylic acids is 1. The molecule has 0 spiro atoms. The van der Waals surface area contributed by atoms with Crippen molar-refractivity contribution >= 4 is 41.5 Å². The smallest absolute Gasteiger partial charge is 0.243 e. The van der Waals surface area contributed by atoms with Crippen LogP contribution in [-0.2, 0) is 11.3 Å². The van der Waals surface area contributed by atoms with Gasteiger partial charge < -0.3 is 16.0 Å². The van der Waals surface area contributed by atoms with Gasteiger partial charge in [-0.1, -0.05) is 0 Å². The molecule has 0 radical (unpaired) electrons. The second kappa shape index (κ2) is 11.4. The first kappa shape index (κ1) is 20.9. The number of anilines is 1. The molecule has 2 rings (SSSR count). The van der Waals surface area contributed by atoms with Crippen molar-refractivity contribution in [3.05, 3.63) is 48.5 Å². The molecule has 1 heterocycles. The molecule has 0 unspecified atom stereocenters. The van der Waals surface area contributed by atoms with E-state index in [4.69, 9.17) is 0 Å². The Labute approximate surface area is 163 Å². The van der Waals surface area contributed by atoms with Crippen LogP contribution in [0, 0.1) is 5.82 Å². The highest BCUT2D eigenvalue weighted by Crippen LogP contribution is 2.07. The molecule has 9 heteroatoms. The fourth-order valence-electron chi connectivity index (χ4n) is 2.00. The molecule has 1 aromatic carbocycles. The lowest BCUT2D eigenvalue weighted by atomic mass is 10.3. The minimum Gasteiger partial charge on any atom is -0.356 e. The number of aliphatic imine (C=N–C) groups is 1. The molecule has 1 amide bonds. The number of nitrogens with zero attached hydrogens (tertiary/aromatic N) is 3. The standard InChI is InChI=1S/C16H21FN6O.HI/c1-18-16(19-8-2-10-23-11-3-9-21-23)20-12-15(24)22-14-6-4-13(17)5-7-14;/h3-7,9,11H,2,8,10,12H2,1H3,(H,22,24)(H2,18,19,20);1H. The molecule has 0 atom stereocenters. The Kier molecular flexibility index (Phi) is 9.51. The summed E-state index contributed by atoms with van der Waals surface area (Å²) in [4.78, 5) is 15.9. The number of carbonyl (C=O) groups is 1. The maximum absolute atomic E-state index is 12.8. The molecule has 7 nitrogen and oxygen atoms in total.